The molecule has 112 valence electrons. The largest absolute Gasteiger partial charge is 0.481 e. The lowest BCUT2D eigenvalue weighted by molar-refractivity contribution is -0.142. The molecule has 0 rings (SSSR count). The maximum atomic E-state index is 11.8. The lowest BCUT2D eigenvalue weighted by atomic mass is 10.0. The molecule has 0 fully saturated rings. The lowest BCUT2D eigenvalue weighted by Crippen LogP contribution is -2.55. The van der Waals surface area contributed by atoms with Crippen molar-refractivity contribution in [3.63, 3.8) is 0 Å². The van der Waals surface area contributed by atoms with Crippen LogP contribution in [0.1, 0.15) is 33.6 Å². The average molecular weight is 294 g/mol. The van der Waals surface area contributed by atoms with E-state index in [4.69, 9.17) is 5.11 Å². The zero-order chi connectivity index (χ0) is 15.3. The fourth-order valence-electron chi connectivity index (χ4n) is 1.61. The first-order valence-electron chi connectivity index (χ1n) is 5.99. The number of hydrogen-bond acceptors (Lipinski definition) is 4. The Hall–Kier alpha value is -1.15. The summed E-state index contributed by atoms with van der Waals surface area (Å²) >= 11 is 0. The van der Waals surface area contributed by atoms with Crippen LogP contribution in [-0.2, 0) is 19.6 Å². The Labute approximate surface area is 113 Å². The molecule has 0 aliphatic carbocycles. The first-order valence-corrected chi connectivity index (χ1v) is 7.88. The third kappa shape index (κ3) is 7.12. The highest BCUT2D eigenvalue weighted by atomic mass is 32.2. The number of amides is 1. The second-order valence-corrected chi connectivity index (χ2v) is 6.78. The summed E-state index contributed by atoms with van der Waals surface area (Å²) in [5.41, 5.74) is -1.32. The molecule has 0 aliphatic rings. The van der Waals surface area contributed by atoms with Gasteiger partial charge in [-0.1, -0.05) is 13.3 Å². The lowest BCUT2D eigenvalue weighted by Gasteiger charge is -2.24. The number of hydrogen-bond donors (Lipinski definition) is 3. The van der Waals surface area contributed by atoms with E-state index in [-0.39, 0.29) is 6.54 Å². The van der Waals surface area contributed by atoms with Gasteiger partial charge in [0.25, 0.3) is 0 Å². The van der Waals surface area contributed by atoms with Crippen LogP contribution < -0.4 is 10.0 Å². The van der Waals surface area contributed by atoms with Crippen LogP contribution in [0.5, 0.6) is 0 Å². The van der Waals surface area contributed by atoms with Crippen molar-refractivity contribution in [2.75, 3.05) is 12.8 Å². The number of carbonyl (C=O) groups excluding carboxylic acids is 1. The normalized spacial score (nSPS) is 13.9. The van der Waals surface area contributed by atoms with E-state index in [1.54, 1.807) is 0 Å². The summed E-state index contributed by atoms with van der Waals surface area (Å²) in [6.07, 6.45) is 2.10. The fraction of sp³-hybridized carbons (Fsp3) is 0.818. The molecule has 0 saturated heterocycles. The molecule has 1 atom stereocenters. The molecule has 0 spiro atoms. The summed E-state index contributed by atoms with van der Waals surface area (Å²) in [6.45, 7) is 4.67. The van der Waals surface area contributed by atoms with E-state index in [0.29, 0.717) is 12.8 Å². The van der Waals surface area contributed by atoms with Crippen LogP contribution in [0.2, 0.25) is 0 Å². The van der Waals surface area contributed by atoms with Crippen molar-refractivity contribution in [2.45, 2.75) is 39.2 Å². The van der Waals surface area contributed by atoms with Crippen LogP contribution in [0.15, 0.2) is 0 Å². The smallest absolute Gasteiger partial charge is 0.308 e. The zero-order valence-electron chi connectivity index (χ0n) is 11.7. The Balaban J connectivity index is 4.56. The monoisotopic (exact) mass is 294 g/mol. The zero-order valence-corrected chi connectivity index (χ0v) is 12.5. The summed E-state index contributed by atoms with van der Waals surface area (Å²) in [7, 11) is -3.52. The molecule has 19 heavy (non-hydrogen) atoms. The molecule has 0 radical (unpaired) electrons. The van der Waals surface area contributed by atoms with Crippen molar-refractivity contribution in [1.82, 2.24) is 10.0 Å². The van der Waals surface area contributed by atoms with Crippen LogP contribution in [0.4, 0.5) is 0 Å². The Morgan fingerprint density at radius 2 is 1.84 bits per heavy atom. The van der Waals surface area contributed by atoms with Crippen LogP contribution in [0, 0.1) is 5.92 Å². The van der Waals surface area contributed by atoms with Crippen molar-refractivity contribution in [1.29, 1.82) is 0 Å². The number of aliphatic carboxylic acids is 1. The standard InChI is InChI=1S/C11H22N2O5S/c1-5-6-8(9(14)15)7-12-10(16)11(2,3)13-19(4,17)18/h8,13H,5-7H2,1-4H3,(H,12,16)(H,14,15). The summed E-state index contributed by atoms with van der Waals surface area (Å²) in [6, 6.07) is 0. The third-order valence-electron chi connectivity index (χ3n) is 2.50. The predicted molar refractivity (Wildman–Crippen MR) is 71.1 cm³/mol. The van der Waals surface area contributed by atoms with Crippen molar-refractivity contribution < 1.29 is 23.1 Å². The highest BCUT2D eigenvalue weighted by Gasteiger charge is 2.31. The van der Waals surface area contributed by atoms with E-state index < -0.39 is 33.4 Å². The van der Waals surface area contributed by atoms with Crippen LogP contribution in [-0.4, -0.2) is 43.7 Å². The van der Waals surface area contributed by atoms with Gasteiger partial charge < -0.3 is 10.4 Å². The van der Waals surface area contributed by atoms with Crippen LogP contribution >= 0.6 is 0 Å². The van der Waals surface area contributed by atoms with Crippen LogP contribution in [0.3, 0.4) is 0 Å². The number of carboxylic acids is 1. The van der Waals surface area contributed by atoms with Gasteiger partial charge in [-0.05, 0) is 20.3 Å². The fourth-order valence-corrected chi connectivity index (χ4v) is 2.63. The summed E-state index contributed by atoms with van der Waals surface area (Å²) in [5, 5.41) is 11.4. The van der Waals surface area contributed by atoms with Gasteiger partial charge in [0.05, 0.1) is 12.2 Å². The van der Waals surface area contributed by atoms with E-state index in [9.17, 15) is 18.0 Å². The molecule has 0 bridgehead atoms. The number of sulfonamides is 1. The molecule has 3 N–H and O–H groups in total. The molecule has 1 unspecified atom stereocenters. The van der Waals surface area contributed by atoms with Gasteiger partial charge in [0.15, 0.2) is 0 Å². The molecule has 8 heteroatoms. The van der Waals surface area contributed by atoms with Crippen molar-refractivity contribution >= 4 is 21.9 Å². The first kappa shape index (κ1) is 17.8. The highest BCUT2D eigenvalue weighted by molar-refractivity contribution is 7.88. The maximum Gasteiger partial charge on any atom is 0.308 e. The molecule has 0 aliphatic heterocycles. The number of nitrogens with one attached hydrogen (secondary N) is 2. The molecule has 0 aromatic carbocycles. The Morgan fingerprint density at radius 3 is 2.21 bits per heavy atom. The van der Waals surface area contributed by atoms with Gasteiger partial charge in [0.2, 0.25) is 15.9 Å². The average Bonchev–Trinajstić information content (AvgIpc) is 2.19. The number of rotatable bonds is 8. The van der Waals surface area contributed by atoms with Gasteiger partial charge in [-0.15, -0.1) is 0 Å². The topological polar surface area (TPSA) is 113 Å². The summed E-state index contributed by atoms with van der Waals surface area (Å²) < 4.78 is 24.4. The second-order valence-electron chi connectivity index (χ2n) is 5.03. The summed E-state index contributed by atoms with van der Waals surface area (Å²) in [5.74, 6) is -2.20. The van der Waals surface area contributed by atoms with Gasteiger partial charge in [-0.3, -0.25) is 9.59 Å². The number of carboxylic acid groups (broad SMARTS) is 1. The minimum atomic E-state index is -3.52. The van der Waals surface area contributed by atoms with Gasteiger partial charge in [-0.25, -0.2) is 13.1 Å². The molecular formula is C11H22N2O5S. The SMILES string of the molecule is CCCC(CNC(=O)C(C)(C)NS(C)(=O)=O)C(=O)O. The van der Waals surface area contributed by atoms with E-state index in [0.717, 1.165) is 6.26 Å². The first-order chi connectivity index (χ1) is 8.49. The summed E-state index contributed by atoms with van der Waals surface area (Å²) in [4.78, 5) is 22.8. The molecule has 0 heterocycles. The van der Waals surface area contributed by atoms with E-state index in [2.05, 4.69) is 10.0 Å². The second kappa shape index (κ2) is 6.85. The van der Waals surface area contributed by atoms with Gasteiger partial charge >= 0.3 is 5.97 Å². The van der Waals surface area contributed by atoms with Crippen molar-refractivity contribution in [3.05, 3.63) is 0 Å². The molecular weight excluding hydrogens is 272 g/mol. The number of carbonyl (C=O) groups is 2. The Morgan fingerprint density at radius 1 is 1.32 bits per heavy atom. The van der Waals surface area contributed by atoms with E-state index >= 15 is 0 Å². The van der Waals surface area contributed by atoms with Crippen LogP contribution in [0.25, 0.3) is 0 Å². The highest BCUT2D eigenvalue weighted by Crippen LogP contribution is 2.08. The quantitative estimate of drug-likeness (QED) is 0.580. The Bertz CT molecular complexity index is 430. The van der Waals surface area contributed by atoms with Crippen molar-refractivity contribution in [2.24, 2.45) is 5.92 Å². The minimum absolute atomic E-state index is 0.0170. The minimum Gasteiger partial charge on any atom is -0.481 e. The van der Waals surface area contributed by atoms with Gasteiger partial charge in [0.1, 0.15) is 5.54 Å². The molecule has 7 nitrogen and oxygen atoms in total. The Kier molecular flexibility index (Phi) is 6.44. The van der Waals surface area contributed by atoms with Gasteiger partial charge in [-0.2, -0.15) is 0 Å². The molecule has 1 amide bonds. The third-order valence-corrected chi connectivity index (χ3v) is 3.38. The molecule has 0 saturated carbocycles. The van der Waals surface area contributed by atoms with E-state index in [1.807, 2.05) is 6.92 Å². The predicted octanol–water partition coefficient (Wildman–Crippen LogP) is -0.0687. The molecule has 0 aromatic rings. The van der Waals surface area contributed by atoms with Gasteiger partial charge in [0, 0.05) is 6.54 Å². The van der Waals surface area contributed by atoms with Crippen molar-refractivity contribution in [3.8, 4) is 0 Å². The molecule has 0 aromatic heterocycles. The maximum absolute atomic E-state index is 11.8. The van der Waals surface area contributed by atoms with E-state index in [1.165, 1.54) is 13.8 Å².